The summed E-state index contributed by atoms with van der Waals surface area (Å²) in [4.78, 5) is 3.73. The molecule has 0 spiro atoms. The zero-order valence-electron chi connectivity index (χ0n) is 18.5. The Labute approximate surface area is 179 Å². The van der Waals surface area contributed by atoms with Gasteiger partial charge in [0.15, 0.2) is 11.5 Å². The molecule has 4 heteroatoms. The molecule has 1 fully saturated rings. The number of methoxy groups -OCH3 is 2. The van der Waals surface area contributed by atoms with E-state index in [1.165, 1.54) is 40.4 Å². The maximum absolute atomic E-state index is 5.55. The van der Waals surface area contributed by atoms with Crippen LogP contribution in [0.3, 0.4) is 0 Å². The van der Waals surface area contributed by atoms with Gasteiger partial charge in [-0.2, -0.15) is 0 Å². The van der Waals surface area contributed by atoms with Crippen LogP contribution in [0.2, 0.25) is 0 Å². The second-order valence-electron chi connectivity index (χ2n) is 8.20. The first-order valence-corrected chi connectivity index (χ1v) is 10.8. The van der Waals surface area contributed by atoms with Crippen molar-refractivity contribution in [2.45, 2.75) is 39.0 Å². The molecule has 30 heavy (non-hydrogen) atoms. The van der Waals surface area contributed by atoms with Gasteiger partial charge >= 0.3 is 0 Å². The lowest BCUT2D eigenvalue weighted by Crippen LogP contribution is -2.26. The highest BCUT2D eigenvalue weighted by Gasteiger charge is 2.21. The highest BCUT2D eigenvalue weighted by atomic mass is 16.5. The monoisotopic (exact) mass is 404 g/mol. The quantitative estimate of drug-likeness (QED) is 0.536. The summed E-state index contributed by atoms with van der Waals surface area (Å²) in [6.07, 6.45) is 3.33. The Morgan fingerprint density at radius 3 is 2.43 bits per heavy atom. The van der Waals surface area contributed by atoms with Crippen molar-refractivity contribution in [1.82, 2.24) is 10.3 Å². The lowest BCUT2D eigenvalue weighted by atomic mass is 9.87. The van der Waals surface area contributed by atoms with Crippen molar-refractivity contribution in [2.24, 2.45) is 0 Å². The van der Waals surface area contributed by atoms with Gasteiger partial charge in [0, 0.05) is 22.2 Å². The third-order valence-corrected chi connectivity index (χ3v) is 6.33. The van der Waals surface area contributed by atoms with Gasteiger partial charge in [0.2, 0.25) is 0 Å². The second-order valence-corrected chi connectivity index (χ2v) is 8.20. The fourth-order valence-corrected chi connectivity index (χ4v) is 4.71. The Morgan fingerprint density at radius 1 is 1.07 bits per heavy atom. The molecule has 158 valence electrons. The number of hydrogen-bond donors (Lipinski definition) is 2. The number of piperidine rings is 1. The third kappa shape index (κ3) is 3.61. The second kappa shape index (κ2) is 8.57. The number of aromatic nitrogens is 1. The van der Waals surface area contributed by atoms with Gasteiger partial charge in [0.25, 0.3) is 0 Å². The maximum Gasteiger partial charge on any atom is 0.161 e. The molecule has 0 unspecified atom stereocenters. The number of H-pyrrole nitrogens is 1. The lowest BCUT2D eigenvalue weighted by Gasteiger charge is -2.24. The van der Waals surface area contributed by atoms with Gasteiger partial charge in [-0.05, 0) is 92.2 Å². The maximum atomic E-state index is 5.55. The molecule has 1 aliphatic rings. The standard InChI is InChI=1S/C26H32N2O2/c1-6-20-22-14-19(17-9-11-27-12-10-17)13-21(16(2)3)26(22)28-25(20)18-7-8-23(29-4)24(15-18)30-5/h7-8,13-15,17,27-28H,2,6,9-12H2,1,3-5H3. The minimum atomic E-state index is 0.609. The van der Waals surface area contributed by atoms with E-state index in [9.17, 15) is 0 Å². The first kappa shape index (κ1) is 20.5. The number of hydrogen-bond acceptors (Lipinski definition) is 3. The van der Waals surface area contributed by atoms with Crippen LogP contribution in [0.1, 0.15) is 49.3 Å². The average molecular weight is 405 g/mol. The number of fused-ring (bicyclic) bond motifs is 1. The van der Waals surface area contributed by atoms with Gasteiger partial charge < -0.3 is 19.8 Å². The van der Waals surface area contributed by atoms with Crippen molar-refractivity contribution in [3.8, 4) is 22.8 Å². The van der Waals surface area contributed by atoms with E-state index in [1.807, 2.05) is 6.07 Å². The molecule has 0 saturated carbocycles. The highest BCUT2D eigenvalue weighted by molar-refractivity contribution is 5.98. The SMILES string of the molecule is C=C(C)c1cc(C2CCNCC2)cc2c(CC)c(-c3ccc(OC)c(OC)c3)[nH]c12. The van der Waals surface area contributed by atoms with Crippen LogP contribution in [0.15, 0.2) is 36.9 Å². The summed E-state index contributed by atoms with van der Waals surface area (Å²) in [5.41, 5.74) is 8.54. The van der Waals surface area contributed by atoms with Crippen molar-refractivity contribution in [3.05, 3.63) is 53.6 Å². The highest BCUT2D eigenvalue weighted by Crippen LogP contribution is 2.40. The summed E-state index contributed by atoms with van der Waals surface area (Å²) >= 11 is 0. The number of nitrogens with one attached hydrogen (secondary N) is 2. The molecule has 0 amide bonds. The summed E-state index contributed by atoms with van der Waals surface area (Å²) in [7, 11) is 3.34. The smallest absolute Gasteiger partial charge is 0.161 e. The average Bonchev–Trinajstić information content (AvgIpc) is 3.16. The summed E-state index contributed by atoms with van der Waals surface area (Å²) in [5, 5.41) is 4.80. The van der Waals surface area contributed by atoms with E-state index in [-0.39, 0.29) is 0 Å². The predicted octanol–water partition coefficient (Wildman–Crippen LogP) is 5.91. The molecule has 2 heterocycles. The Hall–Kier alpha value is -2.72. The Bertz CT molecular complexity index is 1070. The molecule has 0 radical (unpaired) electrons. The van der Waals surface area contributed by atoms with Crippen molar-refractivity contribution in [2.75, 3.05) is 27.3 Å². The van der Waals surface area contributed by atoms with Gasteiger partial charge in [-0.25, -0.2) is 0 Å². The Balaban J connectivity index is 1.92. The lowest BCUT2D eigenvalue weighted by molar-refractivity contribution is 0.355. The van der Waals surface area contributed by atoms with Crippen LogP contribution in [0.5, 0.6) is 11.5 Å². The van der Waals surface area contributed by atoms with E-state index >= 15 is 0 Å². The summed E-state index contributed by atoms with van der Waals surface area (Å²) in [6, 6.07) is 10.9. The zero-order valence-corrected chi connectivity index (χ0v) is 18.5. The van der Waals surface area contributed by atoms with E-state index in [0.717, 1.165) is 47.8 Å². The number of aromatic amines is 1. The van der Waals surface area contributed by atoms with Gasteiger partial charge in [0.05, 0.1) is 19.7 Å². The van der Waals surface area contributed by atoms with E-state index in [2.05, 4.69) is 55.0 Å². The molecule has 1 saturated heterocycles. The van der Waals surface area contributed by atoms with Crippen LogP contribution in [-0.4, -0.2) is 32.3 Å². The summed E-state index contributed by atoms with van der Waals surface area (Å²) in [6.45, 7) is 10.8. The van der Waals surface area contributed by atoms with Crippen molar-refractivity contribution in [3.63, 3.8) is 0 Å². The minimum Gasteiger partial charge on any atom is -0.493 e. The Kier molecular flexibility index (Phi) is 5.87. The van der Waals surface area contributed by atoms with E-state index in [0.29, 0.717) is 5.92 Å². The molecule has 1 aliphatic heterocycles. The number of rotatable bonds is 6. The van der Waals surface area contributed by atoms with Crippen molar-refractivity contribution in [1.29, 1.82) is 0 Å². The number of allylic oxidation sites excluding steroid dienone is 1. The van der Waals surface area contributed by atoms with E-state index < -0.39 is 0 Å². The number of benzene rings is 2. The molecular formula is C26H32N2O2. The van der Waals surface area contributed by atoms with Gasteiger partial charge in [0.1, 0.15) is 0 Å². The van der Waals surface area contributed by atoms with Gasteiger partial charge in [-0.1, -0.05) is 13.5 Å². The van der Waals surface area contributed by atoms with Crippen LogP contribution >= 0.6 is 0 Å². The summed E-state index contributed by atoms with van der Waals surface area (Å²) < 4.78 is 11.0. The molecule has 0 atom stereocenters. The first-order chi connectivity index (χ1) is 14.6. The van der Waals surface area contributed by atoms with Crippen LogP contribution < -0.4 is 14.8 Å². The Morgan fingerprint density at radius 2 is 1.80 bits per heavy atom. The van der Waals surface area contributed by atoms with Crippen molar-refractivity contribution < 1.29 is 9.47 Å². The number of aryl methyl sites for hydroxylation is 1. The fraction of sp³-hybridized carbons (Fsp3) is 0.385. The van der Waals surface area contributed by atoms with Crippen LogP contribution in [0.25, 0.3) is 27.7 Å². The van der Waals surface area contributed by atoms with E-state index in [4.69, 9.17) is 9.47 Å². The third-order valence-electron chi connectivity index (χ3n) is 6.33. The predicted molar refractivity (Wildman–Crippen MR) is 126 cm³/mol. The zero-order chi connectivity index (χ0) is 21.3. The largest absolute Gasteiger partial charge is 0.493 e. The molecule has 2 aromatic carbocycles. The van der Waals surface area contributed by atoms with Crippen LogP contribution in [-0.2, 0) is 6.42 Å². The molecule has 4 rings (SSSR count). The van der Waals surface area contributed by atoms with Crippen LogP contribution in [0, 0.1) is 0 Å². The molecule has 0 aliphatic carbocycles. The first-order valence-electron chi connectivity index (χ1n) is 10.8. The normalized spacial score (nSPS) is 14.8. The minimum absolute atomic E-state index is 0.609. The molecule has 2 N–H and O–H groups in total. The molecule has 0 bridgehead atoms. The topological polar surface area (TPSA) is 46.3 Å². The fourth-order valence-electron chi connectivity index (χ4n) is 4.71. The van der Waals surface area contributed by atoms with Crippen LogP contribution in [0.4, 0.5) is 0 Å². The van der Waals surface area contributed by atoms with Crippen molar-refractivity contribution >= 4 is 16.5 Å². The van der Waals surface area contributed by atoms with Gasteiger partial charge in [-0.15, -0.1) is 0 Å². The molecule has 3 aromatic rings. The number of ether oxygens (including phenoxy) is 2. The molecular weight excluding hydrogens is 372 g/mol. The van der Waals surface area contributed by atoms with Gasteiger partial charge in [-0.3, -0.25) is 0 Å². The molecule has 4 nitrogen and oxygen atoms in total. The summed E-state index contributed by atoms with van der Waals surface area (Å²) in [5.74, 6) is 2.09. The van der Waals surface area contributed by atoms with E-state index in [1.54, 1.807) is 14.2 Å². The molecule has 1 aromatic heterocycles.